The van der Waals surface area contributed by atoms with Gasteiger partial charge in [0, 0.05) is 12.4 Å². The Bertz CT molecular complexity index is 1030. The third kappa shape index (κ3) is 10.7. The molecule has 34 heavy (non-hydrogen) atoms. The summed E-state index contributed by atoms with van der Waals surface area (Å²) in [5.74, 6) is -2.26. The number of carbonyl (C=O) groups excluding carboxylic acids is 2. The van der Waals surface area contributed by atoms with Gasteiger partial charge in [0.1, 0.15) is 0 Å². The van der Waals surface area contributed by atoms with Crippen LogP contribution in [0.15, 0.2) is 97.3 Å². The molecular formula is C26H24CuN2O5. The number of carboxylic acids is 2. The van der Waals surface area contributed by atoms with Crippen molar-refractivity contribution in [2.24, 2.45) is 0 Å². The van der Waals surface area contributed by atoms with E-state index in [2.05, 4.69) is 9.97 Å². The van der Waals surface area contributed by atoms with E-state index in [-0.39, 0.29) is 33.7 Å². The first kappa shape index (κ1) is 30.2. The normalized spacial score (nSPS) is 8.88. The summed E-state index contributed by atoms with van der Waals surface area (Å²) >= 11 is 0. The average molecular weight is 508 g/mol. The van der Waals surface area contributed by atoms with Crippen molar-refractivity contribution in [1.82, 2.24) is 9.97 Å². The van der Waals surface area contributed by atoms with Crippen LogP contribution in [0.25, 0.3) is 11.4 Å². The van der Waals surface area contributed by atoms with Gasteiger partial charge in [-0.2, -0.15) is 0 Å². The van der Waals surface area contributed by atoms with Crippen LogP contribution in [0.1, 0.15) is 31.8 Å². The number of hydrogen-bond donors (Lipinski definition) is 0. The summed E-state index contributed by atoms with van der Waals surface area (Å²) in [7, 11) is 0. The van der Waals surface area contributed by atoms with E-state index in [1.807, 2.05) is 50.5 Å². The molecule has 7 nitrogen and oxygen atoms in total. The fraction of sp³-hybridized carbons (Fsp3) is 0.0769. The summed E-state index contributed by atoms with van der Waals surface area (Å²) in [6.45, 7) is 4.05. The molecule has 0 aliphatic carbocycles. The van der Waals surface area contributed by atoms with Crippen molar-refractivity contribution in [3.63, 3.8) is 0 Å². The van der Waals surface area contributed by atoms with Crippen LogP contribution in [-0.4, -0.2) is 27.4 Å². The standard InChI is InChI=1S/C12H12N2.2C7H6O2.Cu.H2O/c1-9-3-5-11(13-7-9)12-6-4-10(2)8-14-12;2*8-7(9)6-4-2-1-3-5-6;;/h3-8H,1-2H3;2*1-5H,(H,8,9);;1H2/q;;;+2;/p-2. The number of nitrogens with zero attached hydrogens (tertiary/aromatic N) is 2. The number of aromatic carboxylic acids is 2. The van der Waals surface area contributed by atoms with Crippen molar-refractivity contribution < 1.29 is 42.3 Å². The monoisotopic (exact) mass is 507 g/mol. The molecule has 2 aromatic carbocycles. The molecule has 1 radical (unpaired) electrons. The molecule has 2 heterocycles. The molecule has 0 aliphatic heterocycles. The molecule has 0 spiro atoms. The van der Waals surface area contributed by atoms with E-state index in [1.165, 1.54) is 35.4 Å². The summed E-state index contributed by atoms with van der Waals surface area (Å²) in [5, 5.41) is 20.2. The molecule has 0 aliphatic rings. The smallest absolute Gasteiger partial charge is 0.545 e. The zero-order chi connectivity index (χ0) is 23.3. The van der Waals surface area contributed by atoms with Crippen LogP contribution < -0.4 is 10.2 Å². The predicted molar refractivity (Wildman–Crippen MR) is 122 cm³/mol. The average Bonchev–Trinajstić information content (AvgIpc) is 2.82. The molecule has 2 N–H and O–H groups in total. The van der Waals surface area contributed by atoms with Crippen LogP contribution in [0.4, 0.5) is 0 Å². The Morgan fingerprint density at radius 2 is 0.912 bits per heavy atom. The van der Waals surface area contributed by atoms with Gasteiger partial charge in [-0.3, -0.25) is 9.97 Å². The van der Waals surface area contributed by atoms with Crippen molar-refractivity contribution in [3.05, 3.63) is 120 Å². The minimum absolute atomic E-state index is 0. The molecule has 0 unspecified atom stereocenters. The Hall–Kier alpha value is -3.84. The third-order valence-electron chi connectivity index (χ3n) is 4.10. The zero-order valence-electron chi connectivity index (χ0n) is 18.6. The quantitative estimate of drug-likeness (QED) is 0.389. The molecule has 0 bridgehead atoms. The van der Waals surface area contributed by atoms with Crippen LogP contribution in [0.5, 0.6) is 0 Å². The van der Waals surface area contributed by atoms with Gasteiger partial charge in [-0.05, 0) is 48.2 Å². The van der Waals surface area contributed by atoms with Gasteiger partial charge in [0.2, 0.25) is 0 Å². The largest absolute Gasteiger partial charge is 2.00 e. The van der Waals surface area contributed by atoms with Gasteiger partial charge in [0.25, 0.3) is 0 Å². The molecule has 0 saturated carbocycles. The molecule has 8 heteroatoms. The Balaban J connectivity index is 0.000000485. The number of pyridine rings is 2. The first-order chi connectivity index (χ1) is 15.4. The van der Waals surface area contributed by atoms with E-state index in [4.69, 9.17) is 0 Å². The van der Waals surface area contributed by atoms with Gasteiger partial charge < -0.3 is 25.3 Å². The van der Waals surface area contributed by atoms with Gasteiger partial charge in [0.05, 0.1) is 23.3 Å². The van der Waals surface area contributed by atoms with Crippen LogP contribution in [-0.2, 0) is 17.1 Å². The molecule has 4 aromatic rings. The fourth-order valence-corrected chi connectivity index (χ4v) is 2.39. The van der Waals surface area contributed by atoms with E-state index >= 15 is 0 Å². The van der Waals surface area contributed by atoms with E-state index in [9.17, 15) is 19.8 Å². The predicted octanol–water partition coefficient (Wildman–Crippen LogP) is 2.03. The van der Waals surface area contributed by atoms with E-state index < -0.39 is 11.9 Å². The first-order valence-electron chi connectivity index (χ1n) is 9.75. The molecule has 0 fully saturated rings. The molecule has 4 rings (SSSR count). The number of hydrogen-bond acceptors (Lipinski definition) is 6. The first-order valence-corrected chi connectivity index (χ1v) is 9.75. The Labute approximate surface area is 209 Å². The number of aromatic nitrogens is 2. The summed E-state index contributed by atoms with van der Waals surface area (Å²) in [5.41, 5.74) is 4.63. The van der Waals surface area contributed by atoms with Crippen molar-refractivity contribution in [2.45, 2.75) is 13.8 Å². The van der Waals surface area contributed by atoms with Crippen molar-refractivity contribution >= 4 is 11.9 Å². The second-order valence-electron chi connectivity index (χ2n) is 6.75. The second kappa shape index (κ2) is 15.9. The van der Waals surface area contributed by atoms with E-state index in [0.717, 1.165) is 11.4 Å². The Kier molecular flexibility index (Phi) is 14.1. The third-order valence-corrected chi connectivity index (χ3v) is 4.10. The fourth-order valence-electron chi connectivity index (χ4n) is 2.39. The van der Waals surface area contributed by atoms with Crippen LogP contribution >= 0.6 is 0 Å². The Morgan fingerprint density at radius 1 is 0.588 bits per heavy atom. The molecule has 0 amide bonds. The maximum Gasteiger partial charge on any atom is 2.00 e. The van der Waals surface area contributed by atoms with Crippen molar-refractivity contribution in [3.8, 4) is 11.4 Å². The van der Waals surface area contributed by atoms with E-state index in [1.54, 1.807) is 36.4 Å². The van der Waals surface area contributed by atoms with Gasteiger partial charge in [-0.1, -0.05) is 72.8 Å². The topological polar surface area (TPSA) is 138 Å². The summed E-state index contributed by atoms with van der Waals surface area (Å²) < 4.78 is 0. The summed E-state index contributed by atoms with van der Waals surface area (Å²) in [6, 6.07) is 24.2. The number of carboxylic acid groups (broad SMARTS) is 2. The zero-order valence-corrected chi connectivity index (χ0v) is 19.5. The number of rotatable bonds is 3. The van der Waals surface area contributed by atoms with Crippen molar-refractivity contribution in [2.75, 3.05) is 0 Å². The number of aryl methyl sites for hydroxylation is 2. The minimum Gasteiger partial charge on any atom is -0.545 e. The molecule has 0 saturated heterocycles. The van der Waals surface area contributed by atoms with Crippen molar-refractivity contribution in [1.29, 1.82) is 0 Å². The maximum absolute atomic E-state index is 10.1. The molecule has 0 atom stereocenters. The number of benzene rings is 2. The summed E-state index contributed by atoms with van der Waals surface area (Å²) in [4.78, 5) is 28.8. The Morgan fingerprint density at radius 3 is 1.12 bits per heavy atom. The second-order valence-corrected chi connectivity index (χ2v) is 6.75. The van der Waals surface area contributed by atoms with Gasteiger partial charge in [-0.15, -0.1) is 0 Å². The van der Waals surface area contributed by atoms with Gasteiger partial charge in [0.15, 0.2) is 0 Å². The molecule has 2 aromatic heterocycles. The maximum atomic E-state index is 10.1. The SMILES string of the molecule is Cc1ccc(-c2ccc(C)cn2)nc1.O.O=C([O-])c1ccccc1.O=C([O-])c1ccccc1.[Cu+2]. The van der Waals surface area contributed by atoms with Crippen LogP contribution in [0.3, 0.4) is 0 Å². The minimum atomic E-state index is -1.13. The van der Waals surface area contributed by atoms with Gasteiger partial charge in [-0.25, -0.2) is 0 Å². The van der Waals surface area contributed by atoms with E-state index in [0.29, 0.717) is 0 Å². The summed E-state index contributed by atoms with van der Waals surface area (Å²) in [6.07, 6.45) is 3.72. The van der Waals surface area contributed by atoms with Gasteiger partial charge >= 0.3 is 17.1 Å². The molecular weight excluding hydrogens is 484 g/mol. The number of carbonyl (C=O) groups is 2. The van der Waals surface area contributed by atoms with Crippen LogP contribution in [0.2, 0.25) is 0 Å². The van der Waals surface area contributed by atoms with Crippen LogP contribution in [0, 0.1) is 13.8 Å². The molecule has 179 valence electrons.